The van der Waals surface area contributed by atoms with Crippen molar-refractivity contribution in [3.63, 3.8) is 0 Å². The molecule has 2 N–H and O–H groups in total. The van der Waals surface area contributed by atoms with Crippen molar-refractivity contribution in [2.75, 3.05) is 6.54 Å². The van der Waals surface area contributed by atoms with Gasteiger partial charge in [-0.15, -0.1) is 24.0 Å². The summed E-state index contributed by atoms with van der Waals surface area (Å²) in [6.45, 7) is 0.603. The second-order valence-corrected chi connectivity index (χ2v) is 5.51. The number of carbonyl (C=O) groups is 2. The zero-order chi connectivity index (χ0) is 12.4. The van der Waals surface area contributed by atoms with Crippen LogP contribution in [-0.4, -0.2) is 29.3 Å². The number of nitrogens with zero attached hydrogens (tertiary/aromatic N) is 1. The summed E-state index contributed by atoms with van der Waals surface area (Å²) in [7, 11) is 0. The van der Waals surface area contributed by atoms with Gasteiger partial charge in [0, 0.05) is 16.8 Å². The Morgan fingerprint density at radius 2 is 2.24 bits per heavy atom. The third-order valence-electron chi connectivity index (χ3n) is 2.89. The van der Waals surface area contributed by atoms with Crippen molar-refractivity contribution >= 4 is 35.8 Å². The van der Waals surface area contributed by atoms with E-state index in [9.17, 15) is 9.59 Å². The van der Waals surface area contributed by atoms with E-state index in [0.717, 1.165) is 17.7 Å². The van der Waals surface area contributed by atoms with E-state index in [0.29, 0.717) is 17.8 Å². The van der Waals surface area contributed by atoms with Gasteiger partial charge in [-0.25, -0.2) is 0 Å². The molecule has 1 saturated heterocycles. The van der Waals surface area contributed by atoms with Crippen molar-refractivity contribution in [2.45, 2.75) is 30.2 Å². The molecule has 1 atom stereocenters. The Labute approximate surface area is 109 Å². The van der Waals surface area contributed by atoms with Crippen LogP contribution >= 0.6 is 24.0 Å². The van der Waals surface area contributed by atoms with Crippen LogP contribution in [0.4, 0.5) is 0 Å². The maximum absolute atomic E-state index is 12.2. The topological polar surface area (TPSA) is 63.4 Å². The van der Waals surface area contributed by atoms with Crippen molar-refractivity contribution in [2.24, 2.45) is 5.73 Å². The lowest BCUT2D eigenvalue weighted by molar-refractivity contribution is -0.123. The molecular weight excluding hydrogens is 256 g/mol. The number of primary amides is 1. The van der Waals surface area contributed by atoms with E-state index >= 15 is 0 Å². The van der Waals surface area contributed by atoms with E-state index in [1.807, 2.05) is 0 Å². The molecule has 92 valence electrons. The number of hydrogen-bond acceptors (Lipinski definition) is 4. The SMILES string of the molecule is NC(=O)C1CCCCN1C(=O)c1cc(S)cs1. The Morgan fingerprint density at radius 3 is 2.82 bits per heavy atom. The fourth-order valence-electron chi connectivity index (χ4n) is 2.05. The molecule has 0 bridgehead atoms. The van der Waals surface area contributed by atoms with Gasteiger partial charge >= 0.3 is 0 Å². The van der Waals surface area contributed by atoms with Crippen molar-refractivity contribution in [1.29, 1.82) is 0 Å². The predicted molar refractivity (Wildman–Crippen MR) is 69.4 cm³/mol. The van der Waals surface area contributed by atoms with Crippen LogP contribution in [0.3, 0.4) is 0 Å². The summed E-state index contributed by atoms with van der Waals surface area (Å²) < 4.78 is 0. The Bertz CT molecular complexity index is 444. The molecule has 1 fully saturated rings. The molecule has 0 aromatic carbocycles. The van der Waals surface area contributed by atoms with Gasteiger partial charge < -0.3 is 10.6 Å². The summed E-state index contributed by atoms with van der Waals surface area (Å²) in [6.07, 6.45) is 2.54. The van der Waals surface area contributed by atoms with Crippen LogP contribution in [0.1, 0.15) is 28.9 Å². The van der Waals surface area contributed by atoms with Crippen LogP contribution in [0, 0.1) is 0 Å². The van der Waals surface area contributed by atoms with Gasteiger partial charge in [0.05, 0.1) is 4.88 Å². The monoisotopic (exact) mass is 270 g/mol. The van der Waals surface area contributed by atoms with Crippen LogP contribution in [0.25, 0.3) is 0 Å². The quantitative estimate of drug-likeness (QED) is 0.800. The smallest absolute Gasteiger partial charge is 0.264 e. The Kier molecular flexibility index (Phi) is 3.73. The molecule has 0 radical (unpaired) electrons. The third-order valence-corrected chi connectivity index (χ3v) is 4.24. The summed E-state index contributed by atoms with van der Waals surface area (Å²) in [4.78, 5) is 26.5. The molecule has 1 aromatic rings. The molecule has 0 saturated carbocycles. The second-order valence-electron chi connectivity index (χ2n) is 4.08. The minimum Gasteiger partial charge on any atom is -0.368 e. The summed E-state index contributed by atoms with van der Waals surface area (Å²) in [6, 6.07) is 1.27. The van der Waals surface area contributed by atoms with Crippen LogP contribution in [-0.2, 0) is 4.79 Å². The van der Waals surface area contributed by atoms with Crippen molar-refractivity contribution in [3.8, 4) is 0 Å². The van der Waals surface area contributed by atoms with E-state index in [1.165, 1.54) is 11.3 Å². The normalized spacial score (nSPS) is 20.3. The maximum atomic E-state index is 12.2. The van der Waals surface area contributed by atoms with E-state index < -0.39 is 11.9 Å². The fraction of sp³-hybridized carbons (Fsp3) is 0.455. The molecule has 2 amide bonds. The molecule has 0 spiro atoms. The highest BCUT2D eigenvalue weighted by Crippen LogP contribution is 2.24. The molecule has 1 aromatic heterocycles. The highest BCUT2D eigenvalue weighted by atomic mass is 32.1. The molecule has 17 heavy (non-hydrogen) atoms. The van der Waals surface area contributed by atoms with Crippen molar-refractivity contribution < 1.29 is 9.59 Å². The highest BCUT2D eigenvalue weighted by Gasteiger charge is 2.31. The second kappa shape index (κ2) is 5.10. The molecule has 0 aliphatic carbocycles. The summed E-state index contributed by atoms with van der Waals surface area (Å²) >= 11 is 5.52. The lowest BCUT2D eigenvalue weighted by Crippen LogP contribution is -2.50. The maximum Gasteiger partial charge on any atom is 0.264 e. The van der Waals surface area contributed by atoms with E-state index in [4.69, 9.17) is 5.73 Å². The molecular formula is C11H14N2O2S2. The highest BCUT2D eigenvalue weighted by molar-refractivity contribution is 7.80. The Morgan fingerprint density at radius 1 is 1.47 bits per heavy atom. The zero-order valence-electron chi connectivity index (χ0n) is 9.26. The Hall–Kier alpha value is -1.01. The van der Waals surface area contributed by atoms with Crippen LogP contribution in [0.2, 0.25) is 0 Å². The van der Waals surface area contributed by atoms with Gasteiger partial charge in [0.2, 0.25) is 5.91 Å². The first-order chi connectivity index (χ1) is 8.09. The van der Waals surface area contributed by atoms with E-state index in [1.54, 1.807) is 16.3 Å². The van der Waals surface area contributed by atoms with Gasteiger partial charge in [0.1, 0.15) is 6.04 Å². The number of rotatable bonds is 2. The first-order valence-electron chi connectivity index (χ1n) is 5.47. The first-order valence-corrected chi connectivity index (χ1v) is 6.80. The van der Waals surface area contributed by atoms with Crippen molar-refractivity contribution in [3.05, 3.63) is 16.3 Å². The number of likely N-dealkylation sites (tertiary alicyclic amines) is 1. The molecule has 1 unspecified atom stereocenters. The third kappa shape index (κ3) is 2.63. The molecule has 1 aliphatic rings. The minimum atomic E-state index is -0.457. The van der Waals surface area contributed by atoms with Crippen molar-refractivity contribution in [1.82, 2.24) is 4.90 Å². The summed E-state index contributed by atoms with van der Waals surface area (Å²) in [5.41, 5.74) is 5.33. The zero-order valence-corrected chi connectivity index (χ0v) is 11.0. The van der Waals surface area contributed by atoms with E-state index in [2.05, 4.69) is 12.6 Å². The number of hydrogen-bond donors (Lipinski definition) is 2. The summed E-state index contributed by atoms with van der Waals surface area (Å²) in [5.74, 6) is -0.528. The molecule has 2 heterocycles. The average Bonchev–Trinajstić information content (AvgIpc) is 2.75. The number of amides is 2. The number of thiophene rings is 1. The summed E-state index contributed by atoms with van der Waals surface area (Å²) in [5, 5.41) is 1.81. The largest absolute Gasteiger partial charge is 0.368 e. The fourth-order valence-corrected chi connectivity index (χ4v) is 3.15. The molecule has 2 rings (SSSR count). The lowest BCUT2D eigenvalue weighted by Gasteiger charge is -2.33. The first kappa shape index (κ1) is 12.4. The number of carbonyl (C=O) groups excluding carboxylic acids is 2. The van der Waals surface area contributed by atoms with Crippen LogP contribution < -0.4 is 5.73 Å². The number of nitrogens with two attached hydrogens (primary N) is 1. The lowest BCUT2D eigenvalue weighted by atomic mass is 10.0. The average molecular weight is 270 g/mol. The molecule has 4 nitrogen and oxygen atoms in total. The number of piperidine rings is 1. The van der Waals surface area contributed by atoms with Gasteiger partial charge in [-0.1, -0.05) is 0 Å². The van der Waals surface area contributed by atoms with Crippen LogP contribution in [0.5, 0.6) is 0 Å². The minimum absolute atomic E-state index is 0.112. The number of thiol groups is 1. The van der Waals surface area contributed by atoms with Crippen LogP contribution in [0.15, 0.2) is 16.3 Å². The van der Waals surface area contributed by atoms with Gasteiger partial charge in [-0.3, -0.25) is 9.59 Å². The van der Waals surface area contributed by atoms with Gasteiger partial charge in [-0.05, 0) is 25.3 Å². The molecule has 6 heteroatoms. The molecule has 1 aliphatic heterocycles. The van der Waals surface area contributed by atoms with E-state index in [-0.39, 0.29) is 5.91 Å². The predicted octanol–water partition coefficient (Wildman–Crippen LogP) is 1.52. The van der Waals surface area contributed by atoms with Gasteiger partial charge in [-0.2, -0.15) is 0 Å². The standard InChI is InChI=1S/C11H14N2O2S2/c12-10(14)8-3-1-2-4-13(8)11(15)9-5-7(16)6-17-9/h5-6,8,16H,1-4H2,(H2,12,14). The Balaban J connectivity index is 2.19. The van der Waals surface area contributed by atoms with Gasteiger partial charge in [0.15, 0.2) is 0 Å². The van der Waals surface area contributed by atoms with Gasteiger partial charge in [0.25, 0.3) is 5.91 Å².